The van der Waals surface area contributed by atoms with Gasteiger partial charge in [0.15, 0.2) is 0 Å². The van der Waals surface area contributed by atoms with Crippen LogP contribution >= 0.6 is 0 Å². The molecule has 1 amide bonds. The van der Waals surface area contributed by atoms with E-state index in [1.54, 1.807) is 0 Å². The van der Waals surface area contributed by atoms with Crippen molar-refractivity contribution in [2.45, 2.75) is 26.2 Å². The molecule has 6 nitrogen and oxygen atoms in total. The highest BCUT2D eigenvalue weighted by Gasteiger charge is 2.08. The molecule has 0 fully saturated rings. The maximum absolute atomic E-state index is 11.9. The molecule has 0 aliphatic heterocycles. The zero-order valence-corrected chi connectivity index (χ0v) is 11.4. The number of aromatic amines is 1. The number of hydrogen-bond donors (Lipinski definition) is 2. The molecule has 6 heteroatoms. The number of aryl methyl sites for hydroxylation is 1. The van der Waals surface area contributed by atoms with Gasteiger partial charge in [-0.2, -0.15) is 5.10 Å². The number of amides is 1. The summed E-state index contributed by atoms with van der Waals surface area (Å²) in [6.45, 7) is 2.67. The second kappa shape index (κ2) is 7.28. The monoisotopic (exact) mass is 274 g/mol. The molecule has 0 saturated carbocycles. The third kappa shape index (κ3) is 4.08. The second-order valence-electron chi connectivity index (χ2n) is 4.32. The van der Waals surface area contributed by atoms with Crippen LogP contribution in [0.25, 0.3) is 0 Å². The van der Waals surface area contributed by atoms with E-state index in [2.05, 4.69) is 20.5 Å². The third-order valence-electron chi connectivity index (χ3n) is 2.68. The largest absolute Gasteiger partial charge is 0.491 e. The van der Waals surface area contributed by atoms with Crippen LogP contribution in [0.5, 0.6) is 5.75 Å². The van der Waals surface area contributed by atoms with Crippen molar-refractivity contribution in [1.29, 1.82) is 0 Å². The van der Waals surface area contributed by atoms with E-state index in [-0.39, 0.29) is 5.91 Å². The van der Waals surface area contributed by atoms with Gasteiger partial charge >= 0.3 is 0 Å². The molecule has 0 spiro atoms. The first-order valence-corrected chi connectivity index (χ1v) is 6.65. The standard InChI is InChI=1S/C14H18N4O2/c1-2-9-20-12-6-4-3-5-11(12)17-14(19)8-7-13-15-10-16-18-13/h3-6,10H,2,7-9H2,1H3,(H,17,19)(H,15,16,18). The predicted molar refractivity (Wildman–Crippen MR) is 75.6 cm³/mol. The molecule has 0 unspecified atom stereocenters. The van der Waals surface area contributed by atoms with E-state index >= 15 is 0 Å². The van der Waals surface area contributed by atoms with Gasteiger partial charge < -0.3 is 10.1 Å². The van der Waals surface area contributed by atoms with Crippen molar-refractivity contribution in [2.24, 2.45) is 0 Å². The van der Waals surface area contributed by atoms with Crippen LogP contribution in [0.2, 0.25) is 0 Å². The minimum atomic E-state index is -0.0750. The fraction of sp³-hybridized carbons (Fsp3) is 0.357. The van der Waals surface area contributed by atoms with E-state index in [0.29, 0.717) is 36.7 Å². The summed E-state index contributed by atoms with van der Waals surface area (Å²) in [4.78, 5) is 15.9. The van der Waals surface area contributed by atoms with Crippen molar-refractivity contribution < 1.29 is 9.53 Å². The third-order valence-corrected chi connectivity index (χ3v) is 2.68. The Balaban J connectivity index is 1.90. The minimum Gasteiger partial charge on any atom is -0.491 e. The van der Waals surface area contributed by atoms with Crippen LogP contribution in [0.15, 0.2) is 30.6 Å². The Kier molecular flexibility index (Phi) is 5.11. The van der Waals surface area contributed by atoms with Crippen molar-refractivity contribution in [2.75, 3.05) is 11.9 Å². The summed E-state index contributed by atoms with van der Waals surface area (Å²) in [5.41, 5.74) is 0.698. The van der Waals surface area contributed by atoms with E-state index < -0.39 is 0 Å². The lowest BCUT2D eigenvalue weighted by Gasteiger charge is -2.11. The summed E-state index contributed by atoms with van der Waals surface area (Å²) in [5, 5.41) is 9.33. The molecule has 2 N–H and O–H groups in total. The van der Waals surface area contributed by atoms with Crippen LogP contribution in [0, 0.1) is 0 Å². The Labute approximate surface area is 117 Å². The normalized spacial score (nSPS) is 10.2. The summed E-state index contributed by atoms with van der Waals surface area (Å²) >= 11 is 0. The van der Waals surface area contributed by atoms with Gasteiger partial charge in [0.2, 0.25) is 5.91 Å². The van der Waals surface area contributed by atoms with Gasteiger partial charge in [-0.25, -0.2) is 4.98 Å². The van der Waals surface area contributed by atoms with E-state index in [1.807, 2.05) is 31.2 Å². The summed E-state index contributed by atoms with van der Waals surface area (Å²) < 4.78 is 5.59. The van der Waals surface area contributed by atoms with Crippen LogP contribution < -0.4 is 10.1 Å². The number of rotatable bonds is 7. The van der Waals surface area contributed by atoms with Gasteiger partial charge in [0.1, 0.15) is 17.9 Å². The molecule has 2 aromatic rings. The number of benzene rings is 1. The van der Waals surface area contributed by atoms with Gasteiger partial charge in [-0.1, -0.05) is 19.1 Å². The smallest absolute Gasteiger partial charge is 0.224 e. The number of anilines is 1. The van der Waals surface area contributed by atoms with Crippen LogP contribution in [0.4, 0.5) is 5.69 Å². The summed E-state index contributed by atoms with van der Waals surface area (Å²) in [6, 6.07) is 7.43. The maximum atomic E-state index is 11.9. The van der Waals surface area contributed by atoms with Gasteiger partial charge in [0, 0.05) is 12.8 Å². The zero-order valence-electron chi connectivity index (χ0n) is 11.4. The van der Waals surface area contributed by atoms with Crippen LogP contribution in [-0.2, 0) is 11.2 Å². The van der Waals surface area contributed by atoms with E-state index in [4.69, 9.17) is 4.74 Å². The summed E-state index contributed by atoms with van der Waals surface area (Å²) in [6.07, 6.45) is 3.23. The minimum absolute atomic E-state index is 0.0750. The number of para-hydroxylation sites is 2. The first-order valence-electron chi connectivity index (χ1n) is 6.65. The second-order valence-corrected chi connectivity index (χ2v) is 4.32. The Morgan fingerprint density at radius 3 is 3.00 bits per heavy atom. The molecule has 0 atom stereocenters. The number of carbonyl (C=O) groups excluding carboxylic acids is 1. The molecule has 0 saturated heterocycles. The first-order chi connectivity index (χ1) is 9.79. The lowest BCUT2D eigenvalue weighted by Crippen LogP contribution is -2.13. The Morgan fingerprint density at radius 1 is 1.40 bits per heavy atom. The Morgan fingerprint density at radius 2 is 2.25 bits per heavy atom. The average molecular weight is 274 g/mol. The fourth-order valence-corrected chi connectivity index (χ4v) is 1.70. The summed E-state index contributed by atoms with van der Waals surface area (Å²) in [7, 11) is 0. The van der Waals surface area contributed by atoms with Crippen LogP contribution in [0.3, 0.4) is 0 Å². The zero-order chi connectivity index (χ0) is 14.2. The Hall–Kier alpha value is -2.37. The highest BCUT2D eigenvalue weighted by molar-refractivity contribution is 5.92. The molecular weight excluding hydrogens is 256 g/mol. The predicted octanol–water partition coefficient (Wildman–Crippen LogP) is 2.16. The molecule has 106 valence electrons. The van der Waals surface area contributed by atoms with Gasteiger partial charge in [-0.3, -0.25) is 9.89 Å². The van der Waals surface area contributed by atoms with Crippen molar-refractivity contribution in [3.05, 3.63) is 36.4 Å². The topological polar surface area (TPSA) is 79.9 Å². The highest BCUT2D eigenvalue weighted by Crippen LogP contribution is 2.24. The molecule has 1 heterocycles. The molecule has 0 bridgehead atoms. The number of H-pyrrole nitrogens is 1. The molecule has 0 aliphatic rings. The van der Waals surface area contributed by atoms with E-state index in [9.17, 15) is 4.79 Å². The van der Waals surface area contributed by atoms with Crippen molar-refractivity contribution in [3.63, 3.8) is 0 Å². The number of carbonyl (C=O) groups is 1. The van der Waals surface area contributed by atoms with E-state index in [0.717, 1.165) is 6.42 Å². The number of nitrogens with one attached hydrogen (secondary N) is 2. The number of nitrogens with zero attached hydrogens (tertiary/aromatic N) is 2. The maximum Gasteiger partial charge on any atom is 0.224 e. The SMILES string of the molecule is CCCOc1ccccc1NC(=O)CCc1ncn[nH]1. The van der Waals surface area contributed by atoms with Gasteiger partial charge in [0.25, 0.3) is 0 Å². The molecule has 2 rings (SSSR count). The molecule has 20 heavy (non-hydrogen) atoms. The Bertz CT molecular complexity index is 540. The molecule has 0 radical (unpaired) electrons. The lowest BCUT2D eigenvalue weighted by molar-refractivity contribution is -0.116. The average Bonchev–Trinajstić information content (AvgIpc) is 2.97. The van der Waals surface area contributed by atoms with Gasteiger partial charge in [0.05, 0.1) is 12.3 Å². The molecule has 0 aliphatic carbocycles. The highest BCUT2D eigenvalue weighted by atomic mass is 16.5. The van der Waals surface area contributed by atoms with Crippen LogP contribution in [0.1, 0.15) is 25.6 Å². The molecule has 1 aromatic heterocycles. The fourth-order valence-electron chi connectivity index (χ4n) is 1.70. The molecule has 1 aromatic carbocycles. The van der Waals surface area contributed by atoms with Crippen LogP contribution in [-0.4, -0.2) is 27.7 Å². The number of aromatic nitrogens is 3. The van der Waals surface area contributed by atoms with Gasteiger partial charge in [-0.05, 0) is 18.6 Å². The summed E-state index contributed by atoms with van der Waals surface area (Å²) in [5.74, 6) is 1.33. The van der Waals surface area contributed by atoms with E-state index in [1.165, 1.54) is 6.33 Å². The quantitative estimate of drug-likeness (QED) is 0.811. The first kappa shape index (κ1) is 14.0. The van der Waals surface area contributed by atoms with Gasteiger partial charge in [-0.15, -0.1) is 0 Å². The van der Waals surface area contributed by atoms with Crippen molar-refractivity contribution in [3.8, 4) is 5.75 Å². The van der Waals surface area contributed by atoms with Crippen molar-refractivity contribution in [1.82, 2.24) is 15.2 Å². The number of ether oxygens (including phenoxy) is 1. The molecular formula is C14H18N4O2. The number of hydrogen-bond acceptors (Lipinski definition) is 4. The van der Waals surface area contributed by atoms with Crippen molar-refractivity contribution >= 4 is 11.6 Å². The lowest BCUT2D eigenvalue weighted by atomic mass is 10.2.